The van der Waals surface area contributed by atoms with Crippen LogP contribution in [0.5, 0.6) is 0 Å². The lowest BCUT2D eigenvalue weighted by Gasteiger charge is -2.44. The molecule has 2 heterocycles. The molecule has 3 nitrogen and oxygen atoms in total. The highest BCUT2D eigenvalue weighted by molar-refractivity contribution is 7.92. The fourth-order valence-electron chi connectivity index (χ4n) is 4.86. The van der Waals surface area contributed by atoms with Gasteiger partial charge in [0.2, 0.25) is 0 Å². The minimum Gasteiger partial charge on any atom is -0.306 e. The third kappa shape index (κ3) is 12.6. The van der Waals surface area contributed by atoms with Crippen molar-refractivity contribution in [3.8, 4) is 0 Å². The summed E-state index contributed by atoms with van der Waals surface area (Å²) >= 11 is 0. The maximum absolute atomic E-state index is 10.7. The van der Waals surface area contributed by atoms with Crippen molar-refractivity contribution in [3.05, 3.63) is 0 Å². The Morgan fingerprint density at radius 1 is 0.528 bits per heavy atom. The number of nitrogens with zero attached hydrogens (tertiary/aromatic N) is 1. The number of hydrogen-bond donors (Lipinski definition) is 0. The quantitative estimate of drug-likeness (QED) is 0.314. The molecule has 4 heteroatoms. The second-order valence-corrected chi connectivity index (χ2v) is 18.6. The van der Waals surface area contributed by atoms with Crippen LogP contribution >= 0.6 is 0 Å². The van der Waals surface area contributed by atoms with Crippen LogP contribution < -0.4 is 0 Å². The van der Waals surface area contributed by atoms with Crippen LogP contribution in [0.3, 0.4) is 0 Å². The van der Waals surface area contributed by atoms with Crippen LogP contribution in [0.25, 0.3) is 0 Å². The van der Waals surface area contributed by atoms with Gasteiger partial charge in [-0.3, -0.25) is 0 Å². The SMILES string of the molecule is C.CC(C)(C)C1CCC1.CC(C)(C)C1CCC1.CC(C)(C)C1CS(=O)(=O)C1.CN1CC(C(C)(C)C)C1. The Kier molecular flexibility index (Phi) is 13.3. The first-order valence-corrected chi connectivity index (χ1v) is 16.2. The summed E-state index contributed by atoms with van der Waals surface area (Å²) in [5, 5.41) is 0. The summed E-state index contributed by atoms with van der Waals surface area (Å²) in [6.45, 7) is 29.9. The Bertz CT molecular complexity index is 678. The molecule has 0 spiro atoms. The van der Waals surface area contributed by atoms with E-state index < -0.39 is 9.84 Å². The molecule has 0 N–H and O–H groups in total. The molecule has 4 fully saturated rings. The molecule has 4 aliphatic rings. The molecule has 2 aliphatic heterocycles. The summed E-state index contributed by atoms with van der Waals surface area (Å²) in [6.07, 6.45) is 8.85. The molecule has 0 aromatic carbocycles. The van der Waals surface area contributed by atoms with Gasteiger partial charge < -0.3 is 4.90 Å². The van der Waals surface area contributed by atoms with Gasteiger partial charge in [0.05, 0.1) is 11.5 Å². The summed E-state index contributed by atoms with van der Waals surface area (Å²) in [7, 11) is -0.431. The normalized spacial score (nSPS) is 23.4. The van der Waals surface area contributed by atoms with Gasteiger partial charge in [0.1, 0.15) is 0 Å². The maximum atomic E-state index is 10.7. The first kappa shape index (κ1) is 35.9. The Hall–Kier alpha value is -0.0900. The van der Waals surface area contributed by atoms with E-state index >= 15 is 0 Å². The Balaban J connectivity index is 0.000000451. The van der Waals surface area contributed by atoms with E-state index in [-0.39, 0.29) is 12.8 Å². The molecule has 2 saturated heterocycles. The Morgan fingerprint density at radius 3 is 0.861 bits per heavy atom. The van der Waals surface area contributed by atoms with Crippen LogP contribution in [0.15, 0.2) is 0 Å². The molecular weight excluding hydrogens is 462 g/mol. The molecule has 0 aromatic rings. The maximum Gasteiger partial charge on any atom is 0.150 e. The lowest BCUT2D eigenvalue weighted by molar-refractivity contribution is 0.0459. The lowest BCUT2D eigenvalue weighted by atomic mass is 9.69. The van der Waals surface area contributed by atoms with Crippen molar-refractivity contribution < 1.29 is 8.42 Å². The highest BCUT2D eigenvalue weighted by Crippen LogP contribution is 2.41. The summed E-state index contributed by atoms with van der Waals surface area (Å²) in [6, 6.07) is 0. The molecule has 0 aromatic heterocycles. The largest absolute Gasteiger partial charge is 0.306 e. The molecule has 36 heavy (non-hydrogen) atoms. The van der Waals surface area contributed by atoms with E-state index in [0.29, 0.717) is 33.7 Å². The Morgan fingerprint density at radius 2 is 0.806 bits per heavy atom. The zero-order valence-electron chi connectivity index (χ0n) is 26.1. The molecule has 0 atom stereocenters. The first-order chi connectivity index (χ1) is 15.5. The predicted molar refractivity (Wildman–Crippen MR) is 162 cm³/mol. The van der Waals surface area contributed by atoms with Crippen molar-refractivity contribution in [1.82, 2.24) is 4.90 Å². The van der Waals surface area contributed by atoms with Crippen molar-refractivity contribution in [2.24, 2.45) is 45.3 Å². The molecule has 4 rings (SSSR count). The van der Waals surface area contributed by atoms with E-state index in [2.05, 4.69) is 95.0 Å². The monoisotopic (exact) mass is 529 g/mol. The van der Waals surface area contributed by atoms with Crippen molar-refractivity contribution >= 4 is 9.84 Å². The van der Waals surface area contributed by atoms with E-state index in [1.165, 1.54) is 51.6 Å². The summed E-state index contributed by atoms with van der Waals surface area (Å²) < 4.78 is 21.5. The fraction of sp³-hybridized carbons (Fsp3) is 1.00. The van der Waals surface area contributed by atoms with Gasteiger partial charge in [-0.1, -0.05) is 103 Å². The fourth-order valence-corrected chi connectivity index (χ4v) is 6.99. The van der Waals surface area contributed by atoms with Crippen molar-refractivity contribution in [3.63, 3.8) is 0 Å². The molecule has 0 amide bonds. The summed E-state index contributed by atoms with van der Waals surface area (Å²) in [5.74, 6) is 4.18. The van der Waals surface area contributed by atoms with Gasteiger partial charge in [0.15, 0.2) is 9.84 Å². The topological polar surface area (TPSA) is 37.4 Å². The molecule has 218 valence electrons. The van der Waals surface area contributed by atoms with E-state index in [1.807, 2.05) is 0 Å². The molecular formula is C32H67NO2S. The molecule has 0 radical (unpaired) electrons. The second-order valence-electron chi connectivity index (χ2n) is 16.4. The number of rotatable bonds is 0. The Labute approximate surface area is 228 Å². The minimum absolute atomic E-state index is 0. The summed E-state index contributed by atoms with van der Waals surface area (Å²) in [4.78, 5) is 2.37. The minimum atomic E-state index is -2.61. The highest BCUT2D eigenvalue weighted by atomic mass is 32.2. The predicted octanol–water partition coefficient (Wildman–Crippen LogP) is 8.97. The lowest BCUT2D eigenvalue weighted by Crippen LogP contribution is -2.49. The standard InChI is InChI=1S/C8H17N.2C8H16.C7H14O2S.CH4/c1-8(2,3)7-5-9(4)6-7;2*1-8(2,3)7-5-4-6-7;1-7(2,3)6-4-10(8,9)5-6;/h7H,5-6H2,1-4H3;2*7H,4-6H2,1-3H3;6H,4-5H2,1-3H3;1H4. The van der Waals surface area contributed by atoms with Crippen molar-refractivity contribution in [2.45, 2.75) is 129 Å². The number of hydrogen-bond acceptors (Lipinski definition) is 3. The zero-order chi connectivity index (χ0) is 27.5. The second kappa shape index (κ2) is 13.3. The van der Waals surface area contributed by atoms with Gasteiger partial charge in [0.25, 0.3) is 0 Å². The van der Waals surface area contributed by atoms with Crippen molar-refractivity contribution in [1.29, 1.82) is 0 Å². The molecule has 2 saturated carbocycles. The highest BCUT2D eigenvalue weighted by Gasteiger charge is 2.40. The van der Waals surface area contributed by atoms with Crippen LogP contribution in [-0.4, -0.2) is 45.0 Å². The van der Waals surface area contributed by atoms with E-state index in [9.17, 15) is 8.42 Å². The van der Waals surface area contributed by atoms with Crippen LogP contribution in [0, 0.1) is 45.3 Å². The number of likely N-dealkylation sites (tertiary alicyclic amines) is 1. The average Bonchev–Trinajstić information content (AvgIpc) is 2.42. The first-order valence-electron chi connectivity index (χ1n) is 14.4. The average molecular weight is 530 g/mol. The van der Waals surface area contributed by atoms with E-state index in [4.69, 9.17) is 0 Å². The van der Waals surface area contributed by atoms with Crippen LogP contribution in [0.1, 0.15) is 129 Å². The number of sulfone groups is 1. The molecule has 0 unspecified atom stereocenters. The summed E-state index contributed by atoms with van der Waals surface area (Å²) in [5.41, 5.74) is 1.90. The smallest absolute Gasteiger partial charge is 0.150 e. The molecule has 2 aliphatic carbocycles. The van der Waals surface area contributed by atoms with E-state index in [1.54, 1.807) is 0 Å². The van der Waals surface area contributed by atoms with Crippen LogP contribution in [0.4, 0.5) is 0 Å². The van der Waals surface area contributed by atoms with Gasteiger partial charge in [-0.05, 0) is 78.1 Å². The van der Waals surface area contributed by atoms with Gasteiger partial charge in [-0.25, -0.2) is 8.42 Å². The van der Waals surface area contributed by atoms with E-state index in [0.717, 1.165) is 17.8 Å². The van der Waals surface area contributed by atoms with Gasteiger partial charge in [0, 0.05) is 13.1 Å². The molecule has 0 bridgehead atoms. The van der Waals surface area contributed by atoms with Gasteiger partial charge in [-0.15, -0.1) is 0 Å². The third-order valence-corrected chi connectivity index (χ3v) is 10.9. The van der Waals surface area contributed by atoms with Crippen LogP contribution in [-0.2, 0) is 9.84 Å². The zero-order valence-corrected chi connectivity index (χ0v) is 26.9. The van der Waals surface area contributed by atoms with Crippen LogP contribution in [0.2, 0.25) is 0 Å². The van der Waals surface area contributed by atoms with Gasteiger partial charge >= 0.3 is 0 Å². The van der Waals surface area contributed by atoms with Crippen molar-refractivity contribution in [2.75, 3.05) is 31.6 Å². The third-order valence-electron chi connectivity index (χ3n) is 9.08. The van der Waals surface area contributed by atoms with Gasteiger partial charge in [-0.2, -0.15) is 0 Å².